The quantitative estimate of drug-likeness (QED) is 0.736. The molecule has 130 valence electrons. The van der Waals surface area contributed by atoms with E-state index in [-0.39, 0.29) is 18.1 Å². The number of nitrogens with one attached hydrogen (secondary N) is 1. The zero-order chi connectivity index (χ0) is 18.0. The van der Waals surface area contributed by atoms with E-state index in [9.17, 15) is 9.59 Å². The number of hydrogen-bond acceptors (Lipinski definition) is 7. The molecule has 0 aliphatic rings. The molecule has 10 heteroatoms. The van der Waals surface area contributed by atoms with Crippen molar-refractivity contribution in [1.82, 2.24) is 24.9 Å². The van der Waals surface area contributed by atoms with E-state index in [1.165, 1.54) is 32.0 Å². The fraction of sp³-hybridized carbons (Fsp3) is 0.267. The van der Waals surface area contributed by atoms with Crippen molar-refractivity contribution in [2.75, 3.05) is 19.4 Å². The normalized spacial score (nSPS) is 10.7. The molecule has 3 rings (SSSR count). The molecule has 25 heavy (non-hydrogen) atoms. The summed E-state index contributed by atoms with van der Waals surface area (Å²) in [5.41, 5.74) is 0.967. The van der Waals surface area contributed by atoms with Crippen LogP contribution in [0.2, 0.25) is 0 Å². The van der Waals surface area contributed by atoms with Crippen LogP contribution in [0.25, 0.3) is 10.6 Å². The molecule has 0 bridgehead atoms. The Morgan fingerprint density at radius 2 is 2.12 bits per heavy atom. The summed E-state index contributed by atoms with van der Waals surface area (Å²) < 4.78 is 1.33. The Morgan fingerprint density at radius 1 is 1.32 bits per heavy atom. The number of nitrogens with zero attached hydrogens (tertiary/aromatic N) is 5. The number of carbonyl (C=O) groups excluding carboxylic acids is 2. The standard InChI is InChI=1S/C15H16N6O2S2/c1-9-4-5-12(25-9)11-8-24-15(16-11)17-14(23)10-6-21(19-18-10)7-13(22)20(2)3/h4-6,8H,7H2,1-3H3,(H,16,17,23). The average molecular weight is 376 g/mol. The zero-order valence-electron chi connectivity index (χ0n) is 13.9. The first-order chi connectivity index (χ1) is 11.9. The van der Waals surface area contributed by atoms with Crippen LogP contribution in [0.4, 0.5) is 5.13 Å². The van der Waals surface area contributed by atoms with Gasteiger partial charge in [-0.05, 0) is 19.1 Å². The Balaban J connectivity index is 1.66. The molecule has 0 aromatic carbocycles. The minimum absolute atomic E-state index is 0.0341. The predicted molar refractivity (Wildman–Crippen MR) is 96.8 cm³/mol. The smallest absolute Gasteiger partial charge is 0.279 e. The number of thiophene rings is 1. The number of rotatable bonds is 5. The highest BCUT2D eigenvalue weighted by Gasteiger charge is 2.15. The van der Waals surface area contributed by atoms with Crippen LogP contribution < -0.4 is 5.32 Å². The van der Waals surface area contributed by atoms with Crippen molar-refractivity contribution in [3.63, 3.8) is 0 Å². The van der Waals surface area contributed by atoms with Crippen LogP contribution in [0.15, 0.2) is 23.7 Å². The third kappa shape index (κ3) is 4.09. The van der Waals surface area contributed by atoms with E-state index in [2.05, 4.69) is 20.6 Å². The number of amides is 2. The van der Waals surface area contributed by atoms with Gasteiger partial charge in [0.25, 0.3) is 5.91 Å². The van der Waals surface area contributed by atoms with E-state index in [0.717, 1.165) is 10.6 Å². The van der Waals surface area contributed by atoms with Gasteiger partial charge in [-0.15, -0.1) is 27.8 Å². The van der Waals surface area contributed by atoms with Crippen LogP contribution in [0.1, 0.15) is 15.4 Å². The molecular weight excluding hydrogens is 360 g/mol. The SMILES string of the molecule is Cc1ccc(-c2csc(NC(=O)c3cn(CC(=O)N(C)C)nn3)n2)s1. The molecule has 0 spiro atoms. The molecule has 1 N–H and O–H groups in total. The van der Waals surface area contributed by atoms with Gasteiger partial charge < -0.3 is 4.90 Å². The Kier molecular flexibility index (Phi) is 4.91. The fourth-order valence-electron chi connectivity index (χ4n) is 1.94. The summed E-state index contributed by atoms with van der Waals surface area (Å²) in [5, 5.41) is 12.7. The first-order valence-corrected chi connectivity index (χ1v) is 9.06. The maximum atomic E-state index is 12.2. The van der Waals surface area contributed by atoms with Gasteiger partial charge in [-0.3, -0.25) is 14.9 Å². The van der Waals surface area contributed by atoms with Gasteiger partial charge in [-0.2, -0.15) is 0 Å². The molecular formula is C15H16N6O2S2. The highest BCUT2D eigenvalue weighted by Crippen LogP contribution is 2.30. The topological polar surface area (TPSA) is 93.0 Å². The van der Waals surface area contributed by atoms with Crippen molar-refractivity contribution in [2.24, 2.45) is 0 Å². The second kappa shape index (κ2) is 7.11. The lowest BCUT2D eigenvalue weighted by Gasteiger charge is -2.08. The van der Waals surface area contributed by atoms with E-state index in [1.54, 1.807) is 25.4 Å². The molecule has 0 radical (unpaired) electrons. The number of thiazole rings is 1. The molecule has 3 aromatic rings. The van der Waals surface area contributed by atoms with Crippen molar-refractivity contribution in [1.29, 1.82) is 0 Å². The van der Waals surface area contributed by atoms with Gasteiger partial charge in [0.05, 0.1) is 16.8 Å². The third-order valence-corrected chi connectivity index (χ3v) is 5.07. The van der Waals surface area contributed by atoms with Gasteiger partial charge in [0.1, 0.15) is 6.54 Å². The van der Waals surface area contributed by atoms with E-state index < -0.39 is 5.91 Å². The predicted octanol–water partition coefficient (Wildman–Crippen LogP) is 2.11. The van der Waals surface area contributed by atoms with Crippen LogP contribution in [-0.4, -0.2) is 50.8 Å². The molecule has 8 nitrogen and oxygen atoms in total. The molecule has 0 atom stereocenters. The van der Waals surface area contributed by atoms with Crippen molar-refractivity contribution in [3.05, 3.63) is 34.3 Å². The van der Waals surface area contributed by atoms with Crippen LogP contribution in [0, 0.1) is 6.92 Å². The third-order valence-electron chi connectivity index (χ3n) is 3.28. The van der Waals surface area contributed by atoms with E-state index in [0.29, 0.717) is 5.13 Å². The summed E-state index contributed by atoms with van der Waals surface area (Å²) in [7, 11) is 3.31. The van der Waals surface area contributed by atoms with Crippen LogP contribution in [-0.2, 0) is 11.3 Å². The molecule has 0 aliphatic carbocycles. The summed E-state index contributed by atoms with van der Waals surface area (Å²) >= 11 is 3.00. The van der Waals surface area contributed by atoms with Crippen LogP contribution in [0.3, 0.4) is 0 Å². The maximum Gasteiger partial charge on any atom is 0.279 e. The molecule has 0 aliphatic heterocycles. The number of carbonyl (C=O) groups is 2. The Labute approximate surface area is 152 Å². The lowest BCUT2D eigenvalue weighted by Crippen LogP contribution is -2.26. The second-order valence-electron chi connectivity index (χ2n) is 5.49. The number of aromatic nitrogens is 4. The molecule has 3 heterocycles. The molecule has 3 aromatic heterocycles. The summed E-state index contributed by atoms with van der Waals surface area (Å²) in [6.45, 7) is 2.07. The van der Waals surface area contributed by atoms with E-state index >= 15 is 0 Å². The number of aryl methyl sites for hydroxylation is 1. The van der Waals surface area contributed by atoms with Crippen LogP contribution in [0.5, 0.6) is 0 Å². The fourth-order valence-corrected chi connectivity index (χ4v) is 3.55. The van der Waals surface area contributed by atoms with Gasteiger partial charge in [-0.1, -0.05) is 5.21 Å². The Hall–Kier alpha value is -2.59. The largest absolute Gasteiger partial charge is 0.347 e. The maximum absolute atomic E-state index is 12.2. The van der Waals surface area contributed by atoms with Crippen molar-refractivity contribution >= 4 is 39.6 Å². The van der Waals surface area contributed by atoms with Crippen LogP contribution >= 0.6 is 22.7 Å². The molecule has 0 saturated carbocycles. The molecule has 0 unspecified atom stereocenters. The summed E-state index contributed by atoms with van der Waals surface area (Å²) in [6, 6.07) is 4.04. The molecule has 0 fully saturated rings. The zero-order valence-corrected chi connectivity index (χ0v) is 15.5. The molecule has 0 saturated heterocycles. The summed E-state index contributed by atoms with van der Waals surface area (Å²) in [5.74, 6) is -0.542. The lowest BCUT2D eigenvalue weighted by atomic mass is 10.4. The minimum atomic E-state index is -0.410. The highest BCUT2D eigenvalue weighted by atomic mass is 32.1. The van der Waals surface area contributed by atoms with E-state index in [4.69, 9.17) is 0 Å². The highest BCUT2D eigenvalue weighted by molar-refractivity contribution is 7.17. The second-order valence-corrected chi connectivity index (χ2v) is 7.64. The van der Waals surface area contributed by atoms with Gasteiger partial charge in [0.2, 0.25) is 5.91 Å². The number of likely N-dealkylation sites (N-methyl/N-ethyl adjacent to an activating group) is 1. The minimum Gasteiger partial charge on any atom is -0.347 e. The van der Waals surface area contributed by atoms with Crippen molar-refractivity contribution < 1.29 is 9.59 Å². The first-order valence-electron chi connectivity index (χ1n) is 7.36. The van der Waals surface area contributed by atoms with Gasteiger partial charge >= 0.3 is 0 Å². The van der Waals surface area contributed by atoms with Gasteiger partial charge in [0.15, 0.2) is 10.8 Å². The summed E-state index contributed by atoms with van der Waals surface area (Å²) in [4.78, 5) is 32.0. The Bertz CT molecular complexity index is 911. The first kappa shape index (κ1) is 17.2. The van der Waals surface area contributed by atoms with Gasteiger partial charge in [-0.25, -0.2) is 9.67 Å². The van der Waals surface area contributed by atoms with Crippen molar-refractivity contribution in [3.8, 4) is 10.6 Å². The summed E-state index contributed by atoms with van der Waals surface area (Å²) in [6.07, 6.45) is 1.44. The lowest BCUT2D eigenvalue weighted by molar-refractivity contribution is -0.129. The van der Waals surface area contributed by atoms with E-state index in [1.807, 2.05) is 24.4 Å². The average Bonchev–Trinajstić information content (AvgIpc) is 3.27. The molecule has 2 amide bonds. The Morgan fingerprint density at radius 3 is 2.80 bits per heavy atom. The van der Waals surface area contributed by atoms with Crippen molar-refractivity contribution in [2.45, 2.75) is 13.5 Å². The monoisotopic (exact) mass is 376 g/mol. The number of hydrogen-bond donors (Lipinski definition) is 1. The van der Waals surface area contributed by atoms with Gasteiger partial charge in [0, 0.05) is 24.4 Å². The number of anilines is 1.